The van der Waals surface area contributed by atoms with E-state index in [0.717, 1.165) is 44.6 Å². The first-order chi connectivity index (χ1) is 9.63. The summed E-state index contributed by atoms with van der Waals surface area (Å²) in [6, 6.07) is 0. The Balaban J connectivity index is 1.96. The highest BCUT2D eigenvalue weighted by Gasteiger charge is 2.29. The van der Waals surface area contributed by atoms with Gasteiger partial charge in [0.25, 0.3) is 0 Å². The van der Waals surface area contributed by atoms with Crippen LogP contribution < -0.4 is 5.73 Å². The van der Waals surface area contributed by atoms with Crippen molar-refractivity contribution in [2.45, 2.75) is 38.5 Å². The van der Waals surface area contributed by atoms with Crippen LogP contribution in [0.15, 0.2) is 6.33 Å². The second-order valence-corrected chi connectivity index (χ2v) is 5.76. The number of aryl methyl sites for hydroxylation is 1. The van der Waals surface area contributed by atoms with Gasteiger partial charge in [-0.05, 0) is 32.2 Å². The van der Waals surface area contributed by atoms with Crippen molar-refractivity contribution in [3.05, 3.63) is 12.2 Å². The standard InChI is InChI=1S/C14H25N5O/c1-11(5-3-7-15)14(20)19-8-4-6-12(9-19)13-17-16-10-18(13)2/h10-12H,3-9,15H2,1-2H3. The number of amides is 1. The zero-order valence-corrected chi connectivity index (χ0v) is 12.5. The van der Waals surface area contributed by atoms with Crippen LogP contribution in [0.2, 0.25) is 0 Å². The second-order valence-electron chi connectivity index (χ2n) is 5.76. The maximum absolute atomic E-state index is 12.4. The van der Waals surface area contributed by atoms with Crippen LogP contribution in [0.3, 0.4) is 0 Å². The molecule has 1 saturated heterocycles. The van der Waals surface area contributed by atoms with Crippen molar-refractivity contribution in [1.29, 1.82) is 0 Å². The lowest BCUT2D eigenvalue weighted by molar-refractivity contribution is -0.136. The molecule has 0 aromatic carbocycles. The lowest BCUT2D eigenvalue weighted by Crippen LogP contribution is -2.42. The molecule has 0 bridgehead atoms. The van der Waals surface area contributed by atoms with Crippen molar-refractivity contribution in [2.75, 3.05) is 19.6 Å². The lowest BCUT2D eigenvalue weighted by Gasteiger charge is -2.33. The predicted molar refractivity (Wildman–Crippen MR) is 77.0 cm³/mol. The fourth-order valence-electron chi connectivity index (χ4n) is 2.91. The van der Waals surface area contributed by atoms with Gasteiger partial charge in [0.05, 0.1) is 0 Å². The maximum Gasteiger partial charge on any atom is 0.225 e. The normalized spacial score (nSPS) is 20.9. The summed E-state index contributed by atoms with van der Waals surface area (Å²) >= 11 is 0. The van der Waals surface area contributed by atoms with Crippen LogP contribution in [-0.2, 0) is 11.8 Å². The van der Waals surface area contributed by atoms with Crippen molar-refractivity contribution >= 4 is 5.91 Å². The average molecular weight is 279 g/mol. The third-order valence-corrected chi connectivity index (χ3v) is 4.11. The number of aromatic nitrogens is 3. The molecule has 112 valence electrons. The van der Waals surface area contributed by atoms with E-state index < -0.39 is 0 Å². The van der Waals surface area contributed by atoms with E-state index in [4.69, 9.17) is 5.73 Å². The van der Waals surface area contributed by atoms with E-state index in [1.54, 1.807) is 6.33 Å². The molecule has 2 unspecified atom stereocenters. The van der Waals surface area contributed by atoms with E-state index >= 15 is 0 Å². The summed E-state index contributed by atoms with van der Waals surface area (Å²) in [6.07, 6.45) is 5.62. The minimum absolute atomic E-state index is 0.0665. The Hall–Kier alpha value is -1.43. The van der Waals surface area contributed by atoms with Gasteiger partial charge in [-0.2, -0.15) is 0 Å². The number of carbonyl (C=O) groups excluding carboxylic acids is 1. The van der Waals surface area contributed by atoms with Gasteiger partial charge in [0, 0.05) is 32.0 Å². The number of nitrogens with zero attached hydrogens (tertiary/aromatic N) is 4. The van der Waals surface area contributed by atoms with Gasteiger partial charge < -0.3 is 15.2 Å². The first-order valence-corrected chi connectivity index (χ1v) is 7.46. The summed E-state index contributed by atoms with van der Waals surface area (Å²) in [5.41, 5.74) is 5.52. The maximum atomic E-state index is 12.4. The summed E-state index contributed by atoms with van der Waals surface area (Å²) < 4.78 is 1.95. The summed E-state index contributed by atoms with van der Waals surface area (Å²) in [5, 5.41) is 8.12. The van der Waals surface area contributed by atoms with Crippen LogP contribution in [0.1, 0.15) is 44.3 Å². The number of piperidine rings is 1. The van der Waals surface area contributed by atoms with Gasteiger partial charge in [0.1, 0.15) is 12.2 Å². The molecule has 0 aliphatic carbocycles. The third-order valence-electron chi connectivity index (χ3n) is 4.11. The highest BCUT2D eigenvalue weighted by Crippen LogP contribution is 2.26. The Labute approximate surface area is 120 Å². The molecule has 0 radical (unpaired) electrons. The van der Waals surface area contributed by atoms with Crippen molar-refractivity contribution in [3.8, 4) is 0 Å². The van der Waals surface area contributed by atoms with Gasteiger partial charge in [-0.3, -0.25) is 4.79 Å². The number of hydrogen-bond donors (Lipinski definition) is 1. The highest BCUT2D eigenvalue weighted by molar-refractivity contribution is 5.78. The van der Waals surface area contributed by atoms with Crippen LogP contribution >= 0.6 is 0 Å². The van der Waals surface area contributed by atoms with Gasteiger partial charge >= 0.3 is 0 Å². The fourth-order valence-corrected chi connectivity index (χ4v) is 2.91. The fraction of sp³-hybridized carbons (Fsp3) is 0.786. The predicted octanol–water partition coefficient (Wildman–Crippen LogP) is 0.896. The Morgan fingerprint density at radius 1 is 1.60 bits per heavy atom. The van der Waals surface area contributed by atoms with Gasteiger partial charge in [0.15, 0.2) is 0 Å². The monoisotopic (exact) mass is 279 g/mol. The Morgan fingerprint density at radius 3 is 3.05 bits per heavy atom. The summed E-state index contributed by atoms with van der Waals surface area (Å²) in [6.45, 7) is 4.28. The summed E-state index contributed by atoms with van der Waals surface area (Å²) in [5.74, 6) is 1.61. The molecule has 20 heavy (non-hydrogen) atoms. The van der Waals surface area contributed by atoms with Crippen molar-refractivity contribution in [2.24, 2.45) is 18.7 Å². The minimum Gasteiger partial charge on any atom is -0.342 e. The molecule has 0 spiro atoms. The minimum atomic E-state index is 0.0665. The Bertz CT molecular complexity index is 445. The number of likely N-dealkylation sites (tertiary alicyclic amines) is 1. The molecule has 6 heteroatoms. The van der Waals surface area contributed by atoms with Gasteiger partial charge in [-0.25, -0.2) is 0 Å². The molecule has 2 rings (SSSR count). The van der Waals surface area contributed by atoms with Gasteiger partial charge in [0.2, 0.25) is 5.91 Å². The number of nitrogens with two attached hydrogens (primary N) is 1. The smallest absolute Gasteiger partial charge is 0.225 e. The van der Waals surface area contributed by atoms with Gasteiger partial charge in [-0.15, -0.1) is 10.2 Å². The van der Waals surface area contributed by atoms with E-state index in [1.807, 2.05) is 23.4 Å². The van der Waals surface area contributed by atoms with Crippen LogP contribution in [0.25, 0.3) is 0 Å². The molecule has 0 saturated carbocycles. The van der Waals surface area contributed by atoms with Crippen molar-refractivity contribution in [1.82, 2.24) is 19.7 Å². The van der Waals surface area contributed by atoms with Crippen LogP contribution in [0.5, 0.6) is 0 Å². The topological polar surface area (TPSA) is 77.0 Å². The highest BCUT2D eigenvalue weighted by atomic mass is 16.2. The van der Waals surface area contributed by atoms with Crippen LogP contribution in [-0.4, -0.2) is 45.2 Å². The molecule has 2 atom stereocenters. The first-order valence-electron chi connectivity index (χ1n) is 7.46. The zero-order chi connectivity index (χ0) is 14.5. The molecule has 1 aromatic rings. The summed E-state index contributed by atoms with van der Waals surface area (Å²) in [7, 11) is 1.96. The van der Waals surface area contributed by atoms with Crippen molar-refractivity contribution < 1.29 is 4.79 Å². The van der Waals surface area contributed by atoms with Crippen molar-refractivity contribution in [3.63, 3.8) is 0 Å². The Morgan fingerprint density at radius 2 is 2.40 bits per heavy atom. The molecule has 1 fully saturated rings. The zero-order valence-electron chi connectivity index (χ0n) is 12.5. The molecule has 6 nitrogen and oxygen atoms in total. The largest absolute Gasteiger partial charge is 0.342 e. The average Bonchev–Trinajstić information content (AvgIpc) is 2.90. The SMILES string of the molecule is CC(CCCN)C(=O)N1CCCC(c2nncn2C)C1. The molecular weight excluding hydrogens is 254 g/mol. The molecule has 2 N–H and O–H groups in total. The Kier molecular flexibility index (Phi) is 5.11. The van der Waals surface area contributed by atoms with E-state index in [1.165, 1.54) is 0 Å². The van der Waals surface area contributed by atoms with Crippen LogP contribution in [0.4, 0.5) is 0 Å². The molecule has 1 aliphatic rings. The number of carbonyl (C=O) groups is 1. The van der Waals surface area contributed by atoms with Crippen LogP contribution in [0, 0.1) is 5.92 Å². The third kappa shape index (κ3) is 3.36. The van der Waals surface area contributed by atoms with E-state index in [9.17, 15) is 4.79 Å². The van der Waals surface area contributed by atoms with E-state index in [-0.39, 0.29) is 11.8 Å². The van der Waals surface area contributed by atoms with E-state index in [0.29, 0.717) is 12.5 Å². The lowest BCUT2D eigenvalue weighted by atomic mass is 9.95. The quantitative estimate of drug-likeness (QED) is 0.868. The molecule has 2 heterocycles. The van der Waals surface area contributed by atoms with Gasteiger partial charge in [-0.1, -0.05) is 6.92 Å². The number of hydrogen-bond acceptors (Lipinski definition) is 4. The molecule has 1 aliphatic heterocycles. The summed E-state index contributed by atoms with van der Waals surface area (Å²) in [4.78, 5) is 14.4. The molecular formula is C14H25N5O. The first kappa shape index (κ1) is 15.0. The second kappa shape index (κ2) is 6.83. The number of rotatable bonds is 5. The van der Waals surface area contributed by atoms with E-state index in [2.05, 4.69) is 10.2 Å². The molecule has 1 aromatic heterocycles. The molecule has 1 amide bonds.